The second kappa shape index (κ2) is 9.69. The molecule has 0 radical (unpaired) electrons. The Morgan fingerprint density at radius 2 is 1.61 bits per heavy atom. The number of aryl methyl sites for hydroxylation is 1. The third-order valence-corrected chi connectivity index (χ3v) is 6.75. The van der Waals surface area contributed by atoms with Crippen molar-refractivity contribution in [3.63, 3.8) is 0 Å². The van der Waals surface area contributed by atoms with E-state index in [4.69, 9.17) is 0 Å². The van der Waals surface area contributed by atoms with E-state index in [9.17, 15) is 26.4 Å². The number of hydrogen-bond donors (Lipinski definition) is 0. The Balaban J connectivity index is 2.22. The third kappa shape index (κ3) is 6.20. The van der Waals surface area contributed by atoms with Gasteiger partial charge in [0.2, 0.25) is 10.0 Å². The van der Waals surface area contributed by atoms with Crippen molar-refractivity contribution < 1.29 is 31.1 Å². The number of carbonyl (C=O) groups excluding carboxylic acids is 1. The normalized spacial score (nSPS) is 12.1. The second-order valence-electron chi connectivity index (χ2n) is 6.92. The lowest BCUT2D eigenvalue weighted by atomic mass is 10.1. The minimum absolute atomic E-state index is 0.0344. The summed E-state index contributed by atoms with van der Waals surface area (Å²) >= 11 is 0. The number of halogens is 3. The highest BCUT2D eigenvalue weighted by Gasteiger charge is 2.31. The predicted molar refractivity (Wildman–Crippen MR) is 110 cm³/mol. The number of rotatable bonds is 8. The van der Waals surface area contributed by atoms with Gasteiger partial charge in [-0.3, -0.25) is 4.79 Å². The lowest BCUT2D eigenvalue weighted by Crippen LogP contribution is -2.31. The number of benzene rings is 2. The van der Waals surface area contributed by atoms with Crippen LogP contribution in [-0.4, -0.2) is 50.0 Å². The molecule has 0 N–H and O–H groups in total. The molecule has 0 aromatic heterocycles. The quantitative estimate of drug-likeness (QED) is 0.595. The van der Waals surface area contributed by atoms with Crippen LogP contribution >= 0.6 is 0 Å². The van der Waals surface area contributed by atoms with Crippen LogP contribution in [0, 0.1) is 6.92 Å². The molecule has 10 heteroatoms. The minimum atomic E-state index is -4.78. The molecule has 0 aliphatic rings. The van der Waals surface area contributed by atoms with Crippen molar-refractivity contribution in [2.45, 2.75) is 38.6 Å². The summed E-state index contributed by atoms with van der Waals surface area (Å²) in [7, 11) is -2.19. The van der Waals surface area contributed by atoms with Crippen LogP contribution in [0.2, 0.25) is 0 Å². The van der Waals surface area contributed by atoms with E-state index >= 15 is 0 Å². The molecule has 6 nitrogen and oxygen atoms in total. The molecule has 0 unspecified atom stereocenters. The molecule has 2 aromatic carbocycles. The van der Waals surface area contributed by atoms with Gasteiger partial charge in [-0.15, -0.1) is 13.2 Å². The topological polar surface area (TPSA) is 66.9 Å². The van der Waals surface area contributed by atoms with Crippen LogP contribution < -0.4 is 4.74 Å². The molecule has 1 amide bonds. The Labute approximate surface area is 180 Å². The summed E-state index contributed by atoms with van der Waals surface area (Å²) in [6, 6.07) is 9.62. The van der Waals surface area contributed by atoms with Crippen LogP contribution in [0.3, 0.4) is 0 Å². The zero-order valence-corrected chi connectivity index (χ0v) is 18.5. The van der Waals surface area contributed by atoms with Crippen molar-refractivity contribution >= 4 is 15.9 Å². The first-order valence-electron chi connectivity index (χ1n) is 9.60. The van der Waals surface area contributed by atoms with Crippen LogP contribution in [0.4, 0.5) is 13.2 Å². The lowest BCUT2D eigenvalue weighted by Gasteiger charge is -2.21. The molecule has 0 saturated heterocycles. The van der Waals surface area contributed by atoms with Crippen LogP contribution in [0.15, 0.2) is 47.4 Å². The fourth-order valence-electron chi connectivity index (χ4n) is 3.05. The molecule has 0 aliphatic heterocycles. The molecule has 0 atom stereocenters. The number of hydrogen-bond acceptors (Lipinski definition) is 4. The maximum absolute atomic E-state index is 13.0. The number of alkyl halides is 3. The molecular formula is C21H25F3N2O4S. The van der Waals surface area contributed by atoms with E-state index in [1.54, 1.807) is 26.8 Å². The number of sulfonamides is 1. The molecule has 0 fully saturated rings. The van der Waals surface area contributed by atoms with Crippen molar-refractivity contribution in [1.29, 1.82) is 0 Å². The van der Waals surface area contributed by atoms with Gasteiger partial charge in [0.25, 0.3) is 5.91 Å². The van der Waals surface area contributed by atoms with Gasteiger partial charge in [-0.05, 0) is 42.3 Å². The van der Waals surface area contributed by atoms with Gasteiger partial charge in [0, 0.05) is 32.2 Å². The summed E-state index contributed by atoms with van der Waals surface area (Å²) in [5.74, 6) is -0.750. The van der Waals surface area contributed by atoms with Crippen LogP contribution in [0.25, 0.3) is 0 Å². The summed E-state index contributed by atoms with van der Waals surface area (Å²) in [5.41, 5.74) is 1.45. The monoisotopic (exact) mass is 458 g/mol. The van der Waals surface area contributed by atoms with Crippen molar-refractivity contribution in [3.05, 3.63) is 59.2 Å². The summed E-state index contributed by atoms with van der Waals surface area (Å²) < 4.78 is 67.5. The van der Waals surface area contributed by atoms with E-state index < -0.39 is 22.3 Å². The Bertz CT molecular complexity index is 1020. The SMILES string of the molecule is CCN(CC)S(=O)(=O)c1ccc(C)c(C(=O)N(C)Cc2ccc(OC(F)(F)F)cc2)c1. The predicted octanol–water partition coefficient (Wildman–Crippen LogP) is 4.20. The molecule has 2 rings (SSSR count). The van der Waals surface area contributed by atoms with Crippen molar-refractivity contribution in [2.75, 3.05) is 20.1 Å². The van der Waals surface area contributed by atoms with Gasteiger partial charge in [0.1, 0.15) is 5.75 Å². The van der Waals surface area contributed by atoms with Gasteiger partial charge >= 0.3 is 6.36 Å². The van der Waals surface area contributed by atoms with E-state index in [2.05, 4.69) is 4.74 Å². The summed E-state index contributed by atoms with van der Waals surface area (Å²) in [5, 5.41) is 0. The van der Waals surface area contributed by atoms with E-state index in [1.807, 2.05) is 0 Å². The Kier molecular flexibility index (Phi) is 7.72. The largest absolute Gasteiger partial charge is 0.573 e. The first-order valence-corrected chi connectivity index (χ1v) is 11.0. The molecule has 0 bridgehead atoms. The standard InChI is InChI=1S/C21H25F3N2O4S/c1-5-26(6-2)31(28,29)18-12-7-15(3)19(13-18)20(27)25(4)14-16-8-10-17(11-9-16)30-21(22,23)24/h7-13H,5-6,14H2,1-4H3. The lowest BCUT2D eigenvalue weighted by molar-refractivity contribution is -0.274. The maximum atomic E-state index is 13.0. The van der Waals surface area contributed by atoms with Crippen molar-refractivity contribution in [1.82, 2.24) is 9.21 Å². The highest BCUT2D eigenvalue weighted by atomic mass is 32.2. The van der Waals surface area contributed by atoms with E-state index in [0.717, 1.165) is 0 Å². The Morgan fingerprint density at radius 1 is 1.03 bits per heavy atom. The van der Waals surface area contributed by atoms with Crippen LogP contribution in [-0.2, 0) is 16.6 Å². The first-order chi connectivity index (χ1) is 14.4. The summed E-state index contributed by atoms with van der Waals surface area (Å²) in [6.45, 7) is 5.92. The minimum Gasteiger partial charge on any atom is -0.406 e. The number of amides is 1. The van der Waals surface area contributed by atoms with Gasteiger partial charge in [-0.25, -0.2) is 8.42 Å². The number of ether oxygens (including phenoxy) is 1. The van der Waals surface area contributed by atoms with E-state index in [-0.39, 0.29) is 22.8 Å². The molecule has 0 heterocycles. The van der Waals surface area contributed by atoms with Crippen molar-refractivity contribution in [3.8, 4) is 5.75 Å². The Morgan fingerprint density at radius 3 is 2.13 bits per heavy atom. The van der Waals surface area contributed by atoms with Gasteiger partial charge in [0.15, 0.2) is 0 Å². The van der Waals surface area contributed by atoms with Gasteiger partial charge in [-0.1, -0.05) is 32.0 Å². The molecular weight excluding hydrogens is 433 g/mol. The fourth-order valence-corrected chi connectivity index (χ4v) is 4.54. The molecule has 0 saturated carbocycles. The first kappa shape index (κ1) is 24.7. The van der Waals surface area contributed by atoms with Crippen molar-refractivity contribution in [2.24, 2.45) is 0 Å². The highest BCUT2D eigenvalue weighted by molar-refractivity contribution is 7.89. The summed E-state index contributed by atoms with van der Waals surface area (Å²) in [4.78, 5) is 14.4. The number of nitrogens with zero attached hydrogens (tertiary/aromatic N) is 2. The van der Waals surface area contributed by atoms with Gasteiger partial charge in [-0.2, -0.15) is 4.31 Å². The fraction of sp³-hybridized carbons (Fsp3) is 0.381. The summed E-state index contributed by atoms with van der Waals surface area (Å²) in [6.07, 6.45) is -4.78. The zero-order chi connectivity index (χ0) is 23.4. The number of carbonyl (C=O) groups is 1. The van der Waals surface area contributed by atoms with Crippen LogP contribution in [0.1, 0.15) is 35.3 Å². The molecule has 0 aliphatic carbocycles. The van der Waals surface area contributed by atoms with E-state index in [0.29, 0.717) is 24.2 Å². The third-order valence-electron chi connectivity index (χ3n) is 4.71. The highest BCUT2D eigenvalue weighted by Crippen LogP contribution is 2.24. The van der Waals surface area contributed by atoms with E-state index in [1.165, 1.54) is 52.7 Å². The van der Waals surface area contributed by atoms with Gasteiger partial charge in [0.05, 0.1) is 4.90 Å². The van der Waals surface area contributed by atoms with Gasteiger partial charge < -0.3 is 9.64 Å². The molecule has 2 aromatic rings. The molecule has 31 heavy (non-hydrogen) atoms. The smallest absolute Gasteiger partial charge is 0.406 e. The zero-order valence-electron chi connectivity index (χ0n) is 17.7. The Hall–Kier alpha value is -2.59. The second-order valence-corrected chi connectivity index (χ2v) is 8.86. The van der Waals surface area contributed by atoms with Crippen LogP contribution in [0.5, 0.6) is 5.75 Å². The average Bonchev–Trinajstić information content (AvgIpc) is 2.68. The molecule has 0 spiro atoms. The maximum Gasteiger partial charge on any atom is 0.573 e. The average molecular weight is 459 g/mol. The molecule has 170 valence electrons.